The van der Waals surface area contributed by atoms with Crippen molar-refractivity contribution in [2.24, 2.45) is 0 Å². The monoisotopic (exact) mass is 374 g/mol. The summed E-state index contributed by atoms with van der Waals surface area (Å²) < 4.78 is 41.0. The van der Waals surface area contributed by atoms with Gasteiger partial charge in [-0.05, 0) is 30.7 Å². The fourth-order valence-corrected chi connectivity index (χ4v) is 2.74. The number of alkyl halides is 3. The largest absolute Gasteiger partial charge is 0.418 e. The molecule has 2 aromatic carbocycles. The third-order valence-electron chi connectivity index (χ3n) is 3.95. The molecule has 0 aliphatic rings. The second-order valence-corrected chi connectivity index (χ2v) is 5.88. The van der Waals surface area contributed by atoms with Crippen LogP contribution in [0, 0.1) is 0 Å². The molecule has 140 valence electrons. The summed E-state index contributed by atoms with van der Waals surface area (Å²) in [6.07, 6.45) is -3.34. The maximum Gasteiger partial charge on any atom is 0.418 e. The lowest BCUT2D eigenvalue weighted by atomic mass is 10.1. The summed E-state index contributed by atoms with van der Waals surface area (Å²) in [5.74, 6) is -0.725. The number of benzene rings is 2. The van der Waals surface area contributed by atoms with E-state index in [-0.39, 0.29) is 11.4 Å². The summed E-state index contributed by atoms with van der Waals surface area (Å²) in [5.41, 5.74) is 0.0594. The highest BCUT2D eigenvalue weighted by molar-refractivity contribution is 6.04. The van der Waals surface area contributed by atoms with Crippen molar-refractivity contribution >= 4 is 11.6 Å². The lowest BCUT2D eigenvalue weighted by Gasteiger charge is -2.13. The number of para-hydroxylation sites is 2. The lowest BCUT2D eigenvalue weighted by molar-refractivity contribution is -0.136. The van der Waals surface area contributed by atoms with Crippen molar-refractivity contribution < 1.29 is 18.0 Å². The van der Waals surface area contributed by atoms with Crippen molar-refractivity contribution in [1.82, 2.24) is 15.0 Å². The number of aromatic nitrogens is 3. The predicted octanol–water partition coefficient (Wildman–Crippen LogP) is 4.49. The van der Waals surface area contributed by atoms with Crippen LogP contribution in [0.15, 0.2) is 54.6 Å². The smallest absolute Gasteiger partial charge is 0.320 e. The molecule has 1 N–H and O–H groups in total. The Hall–Kier alpha value is -3.16. The molecule has 1 aromatic heterocycles. The standard InChI is InChI=1S/C19H17F3N4O/c1-2-8-16-17(24-25-26(16)13-9-4-3-5-10-13)18(27)23-15-12-7-6-11-14(15)19(20,21)22/h3-7,9-12H,2,8H2,1H3,(H,23,27). The Morgan fingerprint density at radius 1 is 1.07 bits per heavy atom. The van der Waals surface area contributed by atoms with Gasteiger partial charge < -0.3 is 5.32 Å². The van der Waals surface area contributed by atoms with Gasteiger partial charge in [-0.1, -0.05) is 48.9 Å². The van der Waals surface area contributed by atoms with Gasteiger partial charge in [-0.15, -0.1) is 5.10 Å². The number of nitrogens with zero attached hydrogens (tertiary/aromatic N) is 3. The summed E-state index contributed by atoms with van der Waals surface area (Å²) >= 11 is 0. The highest BCUT2D eigenvalue weighted by atomic mass is 19.4. The van der Waals surface area contributed by atoms with Gasteiger partial charge in [-0.2, -0.15) is 13.2 Å². The van der Waals surface area contributed by atoms with Gasteiger partial charge in [0.2, 0.25) is 0 Å². The number of nitrogens with one attached hydrogen (secondary N) is 1. The molecular formula is C19H17F3N4O. The van der Waals surface area contributed by atoms with Crippen molar-refractivity contribution in [3.63, 3.8) is 0 Å². The van der Waals surface area contributed by atoms with Crippen LogP contribution in [0.5, 0.6) is 0 Å². The second-order valence-electron chi connectivity index (χ2n) is 5.88. The highest BCUT2D eigenvalue weighted by Gasteiger charge is 2.34. The molecule has 0 saturated heterocycles. The Kier molecular flexibility index (Phi) is 5.25. The molecule has 3 rings (SSSR count). The topological polar surface area (TPSA) is 59.8 Å². The molecule has 0 spiro atoms. The van der Waals surface area contributed by atoms with Crippen LogP contribution >= 0.6 is 0 Å². The zero-order chi connectivity index (χ0) is 19.4. The van der Waals surface area contributed by atoms with Crippen LogP contribution in [-0.2, 0) is 12.6 Å². The molecule has 0 radical (unpaired) electrons. The Morgan fingerprint density at radius 3 is 2.41 bits per heavy atom. The maximum atomic E-state index is 13.1. The van der Waals surface area contributed by atoms with Crippen molar-refractivity contribution in [3.05, 3.63) is 71.5 Å². The van der Waals surface area contributed by atoms with Crippen molar-refractivity contribution in [3.8, 4) is 5.69 Å². The van der Waals surface area contributed by atoms with Gasteiger partial charge in [0.25, 0.3) is 5.91 Å². The first kappa shape index (κ1) is 18.6. The Balaban J connectivity index is 1.96. The molecule has 0 atom stereocenters. The van der Waals surface area contributed by atoms with Gasteiger partial charge in [-0.3, -0.25) is 4.79 Å². The van der Waals surface area contributed by atoms with Gasteiger partial charge >= 0.3 is 6.18 Å². The summed E-state index contributed by atoms with van der Waals surface area (Å²) in [5, 5.41) is 10.3. The molecule has 0 unspecified atom stereocenters. The van der Waals surface area contributed by atoms with Gasteiger partial charge in [0.1, 0.15) is 0 Å². The quantitative estimate of drug-likeness (QED) is 0.716. The van der Waals surface area contributed by atoms with Crippen LogP contribution < -0.4 is 5.32 Å². The van der Waals surface area contributed by atoms with Gasteiger partial charge in [0.05, 0.1) is 22.6 Å². The second kappa shape index (κ2) is 7.61. The molecule has 0 aliphatic carbocycles. The fourth-order valence-electron chi connectivity index (χ4n) is 2.74. The number of carbonyl (C=O) groups excluding carboxylic acids is 1. The van der Waals surface area contributed by atoms with E-state index in [2.05, 4.69) is 15.6 Å². The van der Waals surface area contributed by atoms with Crippen LogP contribution in [0.2, 0.25) is 0 Å². The zero-order valence-electron chi connectivity index (χ0n) is 14.5. The molecule has 0 fully saturated rings. The van der Waals surface area contributed by atoms with Crippen molar-refractivity contribution in [1.29, 1.82) is 0 Å². The van der Waals surface area contributed by atoms with Crippen LogP contribution in [0.25, 0.3) is 5.69 Å². The molecule has 8 heteroatoms. The Labute approximate surface area is 153 Å². The zero-order valence-corrected chi connectivity index (χ0v) is 14.5. The summed E-state index contributed by atoms with van der Waals surface area (Å²) in [4.78, 5) is 12.6. The van der Waals surface area contributed by atoms with Crippen LogP contribution in [0.1, 0.15) is 35.1 Å². The normalized spacial score (nSPS) is 11.4. The molecule has 1 heterocycles. The van der Waals surface area contributed by atoms with Gasteiger partial charge in [0, 0.05) is 0 Å². The third kappa shape index (κ3) is 3.99. The summed E-state index contributed by atoms with van der Waals surface area (Å²) in [6.45, 7) is 1.93. The summed E-state index contributed by atoms with van der Waals surface area (Å²) in [6, 6.07) is 14.0. The van der Waals surface area contributed by atoms with E-state index in [1.165, 1.54) is 22.9 Å². The average Bonchev–Trinajstić information content (AvgIpc) is 3.06. The van der Waals surface area contributed by atoms with Crippen molar-refractivity contribution in [2.45, 2.75) is 25.9 Å². The third-order valence-corrected chi connectivity index (χ3v) is 3.95. The van der Waals surface area contributed by atoms with Gasteiger partial charge in [0.15, 0.2) is 5.69 Å². The van der Waals surface area contributed by atoms with E-state index < -0.39 is 17.6 Å². The van der Waals surface area contributed by atoms with Gasteiger partial charge in [-0.25, -0.2) is 4.68 Å². The minimum Gasteiger partial charge on any atom is -0.320 e. The number of rotatable bonds is 5. The van der Waals surface area contributed by atoms with E-state index in [1.807, 2.05) is 37.3 Å². The number of hydrogen-bond acceptors (Lipinski definition) is 3. The summed E-state index contributed by atoms with van der Waals surface area (Å²) in [7, 11) is 0. The maximum absolute atomic E-state index is 13.1. The number of halogens is 3. The van der Waals surface area contributed by atoms with E-state index in [1.54, 1.807) is 0 Å². The first-order chi connectivity index (χ1) is 12.9. The van der Waals surface area contributed by atoms with E-state index in [9.17, 15) is 18.0 Å². The van der Waals surface area contributed by atoms with Crippen LogP contribution in [0.4, 0.5) is 18.9 Å². The average molecular weight is 374 g/mol. The minimum absolute atomic E-state index is 0.0117. The predicted molar refractivity (Wildman–Crippen MR) is 94.8 cm³/mol. The number of amides is 1. The van der Waals surface area contributed by atoms with E-state index in [0.717, 1.165) is 18.2 Å². The molecule has 27 heavy (non-hydrogen) atoms. The highest BCUT2D eigenvalue weighted by Crippen LogP contribution is 2.34. The van der Waals surface area contributed by atoms with Crippen LogP contribution in [0.3, 0.4) is 0 Å². The molecule has 5 nitrogen and oxygen atoms in total. The SMILES string of the molecule is CCCc1c(C(=O)Nc2ccccc2C(F)(F)F)nnn1-c1ccccc1. The molecule has 0 saturated carbocycles. The first-order valence-electron chi connectivity index (χ1n) is 8.39. The van der Waals surface area contributed by atoms with Crippen molar-refractivity contribution in [2.75, 3.05) is 5.32 Å². The molecule has 0 aliphatic heterocycles. The number of anilines is 1. The fraction of sp³-hybridized carbons (Fsp3) is 0.211. The van der Waals surface area contributed by atoms with Crippen LogP contribution in [-0.4, -0.2) is 20.9 Å². The lowest BCUT2D eigenvalue weighted by Crippen LogP contribution is -2.18. The molecule has 3 aromatic rings. The minimum atomic E-state index is -4.57. The van der Waals surface area contributed by atoms with E-state index in [4.69, 9.17) is 0 Å². The van der Waals surface area contributed by atoms with E-state index in [0.29, 0.717) is 12.1 Å². The molecule has 0 bridgehead atoms. The number of hydrogen-bond donors (Lipinski definition) is 1. The first-order valence-corrected chi connectivity index (χ1v) is 8.39. The Bertz CT molecular complexity index is 936. The van der Waals surface area contributed by atoms with E-state index >= 15 is 0 Å². The Morgan fingerprint density at radius 2 is 1.74 bits per heavy atom. The molecular weight excluding hydrogens is 357 g/mol. The molecule has 1 amide bonds. The number of carbonyl (C=O) groups is 1.